The number of rotatable bonds is 2. The summed E-state index contributed by atoms with van der Waals surface area (Å²) in [6, 6.07) is 3.29. The summed E-state index contributed by atoms with van der Waals surface area (Å²) in [7, 11) is 1.51. The molecule has 0 aliphatic heterocycles. The van der Waals surface area contributed by atoms with Crippen LogP contribution < -0.4 is 9.84 Å². The molecule has 0 radical (unpaired) electrons. The molecule has 5 heteroatoms. The van der Waals surface area contributed by atoms with E-state index in [1.54, 1.807) is 19.1 Å². The van der Waals surface area contributed by atoms with E-state index in [4.69, 9.17) is 9.15 Å². The Morgan fingerprint density at radius 3 is 2.75 bits per heavy atom. The number of furan rings is 1. The lowest BCUT2D eigenvalue weighted by Gasteiger charge is -2.04. The number of benzene rings is 1. The molecule has 0 amide bonds. The summed E-state index contributed by atoms with van der Waals surface area (Å²) in [5.74, 6) is -0.369. The molecule has 1 aromatic carbocycles. The molecule has 2 aromatic rings. The fraction of sp³-hybridized carbons (Fsp3) is 0.182. The Balaban J connectivity index is 2.82. The summed E-state index contributed by atoms with van der Waals surface area (Å²) in [4.78, 5) is 11.0. The average Bonchev–Trinajstić information content (AvgIpc) is 2.51. The fourth-order valence-electron chi connectivity index (χ4n) is 1.63. The molecule has 0 unspecified atom stereocenters. The average molecular weight is 284 g/mol. The minimum Gasteiger partial charge on any atom is -0.545 e. The molecule has 0 saturated carbocycles. The van der Waals surface area contributed by atoms with Crippen LogP contribution in [0.25, 0.3) is 11.0 Å². The van der Waals surface area contributed by atoms with Crippen molar-refractivity contribution in [1.29, 1.82) is 0 Å². The predicted molar refractivity (Wildman–Crippen MR) is 59.5 cm³/mol. The highest BCUT2D eigenvalue weighted by molar-refractivity contribution is 9.10. The predicted octanol–water partition coefficient (Wildman–Crippen LogP) is 1.88. The van der Waals surface area contributed by atoms with E-state index >= 15 is 0 Å². The van der Waals surface area contributed by atoms with Gasteiger partial charge in [0.15, 0.2) is 0 Å². The molecule has 0 saturated heterocycles. The van der Waals surface area contributed by atoms with Crippen LogP contribution in [0.5, 0.6) is 5.75 Å². The summed E-state index contributed by atoms with van der Waals surface area (Å²) in [5.41, 5.74) is 0.560. The van der Waals surface area contributed by atoms with E-state index < -0.39 is 5.97 Å². The number of methoxy groups -OCH3 is 1. The van der Waals surface area contributed by atoms with E-state index in [0.29, 0.717) is 27.0 Å². The Morgan fingerprint density at radius 1 is 1.50 bits per heavy atom. The van der Waals surface area contributed by atoms with Gasteiger partial charge in [-0.25, -0.2) is 0 Å². The van der Waals surface area contributed by atoms with Crippen molar-refractivity contribution in [3.8, 4) is 5.75 Å². The molecule has 0 aliphatic rings. The topological polar surface area (TPSA) is 62.5 Å². The van der Waals surface area contributed by atoms with E-state index in [2.05, 4.69) is 15.9 Å². The van der Waals surface area contributed by atoms with E-state index in [1.165, 1.54) is 7.11 Å². The highest BCUT2D eigenvalue weighted by atomic mass is 79.9. The molecule has 0 atom stereocenters. The molecular weight excluding hydrogens is 276 g/mol. The molecule has 0 aliphatic carbocycles. The quantitative estimate of drug-likeness (QED) is 0.844. The van der Waals surface area contributed by atoms with Gasteiger partial charge in [0, 0.05) is 10.9 Å². The number of carboxylic acids is 1. The van der Waals surface area contributed by atoms with Crippen molar-refractivity contribution >= 4 is 32.9 Å². The van der Waals surface area contributed by atoms with Gasteiger partial charge in [-0.05, 0) is 35.0 Å². The Kier molecular flexibility index (Phi) is 2.63. The minimum atomic E-state index is -1.25. The van der Waals surface area contributed by atoms with Gasteiger partial charge in [-0.3, -0.25) is 0 Å². The maximum Gasteiger partial charge on any atom is 0.136 e. The van der Waals surface area contributed by atoms with Gasteiger partial charge in [0.2, 0.25) is 0 Å². The molecule has 0 bridgehead atoms. The summed E-state index contributed by atoms with van der Waals surface area (Å²) in [6.45, 7) is 1.59. The largest absolute Gasteiger partial charge is 0.545 e. The van der Waals surface area contributed by atoms with E-state index in [9.17, 15) is 9.90 Å². The molecule has 0 N–H and O–H groups in total. The van der Waals surface area contributed by atoms with Crippen LogP contribution in [0, 0.1) is 6.92 Å². The van der Waals surface area contributed by atoms with Crippen LogP contribution in [0.1, 0.15) is 16.1 Å². The first kappa shape index (κ1) is 11.0. The monoisotopic (exact) mass is 283 g/mol. The van der Waals surface area contributed by atoms with Gasteiger partial charge in [0.05, 0.1) is 17.6 Å². The van der Waals surface area contributed by atoms with E-state index in [-0.39, 0.29) is 5.56 Å². The number of aromatic carboxylic acids is 1. The van der Waals surface area contributed by atoms with Crippen molar-refractivity contribution in [2.24, 2.45) is 0 Å². The van der Waals surface area contributed by atoms with Crippen LogP contribution in [0.2, 0.25) is 0 Å². The Bertz CT molecular complexity index is 571. The molecule has 4 nitrogen and oxygen atoms in total. The second kappa shape index (κ2) is 3.83. The maximum atomic E-state index is 11.0. The van der Waals surface area contributed by atoms with Crippen molar-refractivity contribution in [3.05, 3.63) is 27.9 Å². The van der Waals surface area contributed by atoms with Crippen molar-refractivity contribution in [2.45, 2.75) is 6.92 Å². The number of carboxylic acid groups (broad SMARTS) is 1. The van der Waals surface area contributed by atoms with Crippen molar-refractivity contribution in [2.75, 3.05) is 7.11 Å². The summed E-state index contributed by atoms with van der Waals surface area (Å²) < 4.78 is 11.1. The summed E-state index contributed by atoms with van der Waals surface area (Å²) in [6.07, 6.45) is 0. The minimum absolute atomic E-state index is 0.0702. The Morgan fingerprint density at radius 2 is 2.19 bits per heavy atom. The van der Waals surface area contributed by atoms with Gasteiger partial charge in [-0.15, -0.1) is 0 Å². The number of carbonyl (C=O) groups excluding carboxylic acids is 1. The Hall–Kier alpha value is -1.49. The first-order valence-electron chi connectivity index (χ1n) is 4.52. The first-order valence-corrected chi connectivity index (χ1v) is 5.32. The normalized spacial score (nSPS) is 10.7. The zero-order valence-corrected chi connectivity index (χ0v) is 10.3. The van der Waals surface area contributed by atoms with Crippen LogP contribution in [0.4, 0.5) is 0 Å². The SMILES string of the molecule is COc1cc2c(C(=O)[O-])c(C)oc2cc1Br. The highest BCUT2D eigenvalue weighted by Gasteiger charge is 2.14. The van der Waals surface area contributed by atoms with Crippen molar-refractivity contribution in [3.63, 3.8) is 0 Å². The second-order valence-corrected chi connectivity index (χ2v) is 4.16. The van der Waals surface area contributed by atoms with E-state index in [1.807, 2.05) is 0 Å². The number of aryl methyl sites for hydroxylation is 1. The third-order valence-corrected chi connectivity index (χ3v) is 2.96. The molecule has 0 fully saturated rings. The molecule has 16 heavy (non-hydrogen) atoms. The van der Waals surface area contributed by atoms with Gasteiger partial charge < -0.3 is 19.1 Å². The molecule has 0 spiro atoms. The molecule has 1 aromatic heterocycles. The van der Waals surface area contributed by atoms with Crippen LogP contribution in [0.3, 0.4) is 0 Å². The van der Waals surface area contributed by atoms with E-state index in [0.717, 1.165) is 0 Å². The molecule has 84 valence electrons. The standard InChI is InChI=1S/C11H9BrO4/c1-5-10(11(13)14)6-3-9(15-2)7(12)4-8(6)16-5/h3-4H,1-2H3,(H,13,14)/p-1. The smallest absolute Gasteiger partial charge is 0.136 e. The summed E-state index contributed by atoms with van der Waals surface area (Å²) in [5, 5.41) is 11.4. The number of hydrogen-bond acceptors (Lipinski definition) is 4. The van der Waals surface area contributed by atoms with Crippen LogP contribution >= 0.6 is 15.9 Å². The van der Waals surface area contributed by atoms with Crippen molar-refractivity contribution in [1.82, 2.24) is 0 Å². The zero-order chi connectivity index (χ0) is 11.9. The van der Waals surface area contributed by atoms with Gasteiger partial charge in [-0.1, -0.05) is 0 Å². The Labute approximate surface area is 99.9 Å². The maximum absolute atomic E-state index is 11.0. The van der Waals surface area contributed by atoms with Gasteiger partial charge in [-0.2, -0.15) is 0 Å². The van der Waals surface area contributed by atoms with Crippen LogP contribution in [-0.2, 0) is 0 Å². The van der Waals surface area contributed by atoms with Gasteiger partial charge in [0.25, 0.3) is 0 Å². The summed E-state index contributed by atoms with van der Waals surface area (Å²) >= 11 is 3.30. The lowest BCUT2D eigenvalue weighted by molar-refractivity contribution is -0.254. The number of ether oxygens (including phenoxy) is 1. The zero-order valence-electron chi connectivity index (χ0n) is 8.67. The first-order chi connectivity index (χ1) is 7.54. The third kappa shape index (κ3) is 1.57. The highest BCUT2D eigenvalue weighted by Crippen LogP contribution is 2.34. The number of halogens is 1. The number of fused-ring (bicyclic) bond motifs is 1. The van der Waals surface area contributed by atoms with Gasteiger partial charge in [0.1, 0.15) is 17.1 Å². The lowest BCUT2D eigenvalue weighted by Crippen LogP contribution is -2.22. The second-order valence-electron chi connectivity index (χ2n) is 3.30. The van der Waals surface area contributed by atoms with Crippen LogP contribution in [-0.4, -0.2) is 13.1 Å². The van der Waals surface area contributed by atoms with Crippen molar-refractivity contribution < 1.29 is 19.1 Å². The number of carbonyl (C=O) groups is 1. The fourth-order valence-corrected chi connectivity index (χ4v) is 2.11. The van der Waals surface area contributed by atoms with Crippen LogP contribution in [0.15, 0.2) is 21.0 Å². The van der Waals surface area contributed by atoms with Gasteiger partial charge >= 0.3 is 0 Å². The molecular formula is C11H8BrO4-. The lowest BCUT2D eigenvalue weighted by atomic mass is 10.1. The molecule has 2 rings (SSSR count). The molecule has 1 heterocycles. The number of hydrogen-bond donors (Lipinski definition) is 0. The third-order valence-electron chi connectivity index (χ3n) is 2.34.